The topological polar surface area (TPSA) is 89.9 Å². The lowest BCUT2D eigenvalue weighted by atomic mass is 9.92. The van der Waals surface area contributed by atoms with Gasteiger partial charge in [-0.05, 0) is 43.9 Å². The first-order valence-electron chi connectivity index (χ1n) is 10.9. The van der Waals surface area contributed by atoms with Crippen LogP contribution in [0.3, 0.4) is 0 Å². The lowest BCUT2D eigenvalue weighted by molar-refractivity contribution is -0.128. The molecule has 2 fully saturated rings. The number of hydrogen-bond donors (Lipinski definition) is 2. The molecule has 0 aromatic carbocycles. The van der Waals surface area contributed by atoms with Gasteiger partial charge in [0.25, 0.3) is 11.8 Å². The van der Waals surface area contributed by atoms with Crippen LogP contribution in [0.1, 0.15) is 47.0 Å². The van der Waals surface area contributed by atoms with E-state index >= 15 is 0 Å². The van der Waals surface area contributed by atoms with Crippen LogP contribution in [0.2, 0.25) is 0 Å². The van der Waals surface area contributed by atoms with Gasteiger partial charge in [-0.3, -0.25) is 14.4 Å². The molecule has 2 aliphatic heterocycles. The number of halogens is 2. The van der Waals surface area contributed by atoms with Gasteiger partial charge in [-0.1, -0.05) is 38.1 Å². The Kier molecular flexibility index (Phi) is 8.66. The van der Waals surface area contributed by atoms with Crippen molar-refractivity contribution < 1.29 is 23.9 Å². The lowest BCUT2D eigenvalue weighted by Crippen LogP contribution is -2.49. The molecule has 33 heavy (non-hydrogen) atoms. The Morgan fingerprint density at radius 3 is 2.55 bits per heavy atom. The fourth-order valence-corrected chi connectivity index (χ4v) is 4.04. The van der Waals surface area contributed by atoms with Gasteiger partial charge in [0.05, 0.1) is 10.6 Å². The van der Waals surface area contributed by atoms with Crippen molar-refractivity contribution in [1.29, 1.82) is 0 Å². The predicted octanol–water partition coefficient (Wildman–Crippen LogP) is 4.00. The highest BCUT2D eigenvalue weighted by Gasteiger charge is 2.45. The van der Waals surface area contributed by atoms with Crippen LogP contribution in [-0.4, -0.2) is 57.8 Å². The van der Waals surface area contributed by atoms with E-state index in [0.29, 0.717) is 18.5 Å². The molecule has 0 aromatic heterocycles. The molecule has 2 amide bonds. The van der Waals surface area contributed by atoms with Crippen LogP contribution in [0, 0.1) is 0 Å². The minimum absolute atomic E-state index is 0.0762. The second-order valence-electron chi connectivity index (χ2n) is 8.15. The molecule has 0 saturated carbocycles. The Labute approximate surface area is 198 Å². The van der Waals surface area contributed by atoms with Gasteiger partial charge < -0.3 is 20.2 Å². The van der Waals surface area contributed by atoms with Crippen molar-refractivity contribution >= 4 is 29.2 Å². The maximum Gasteiger partial charge on any atom is 0.272 e. The van der Waals surface area contributed by atoms with Crippen molar-refractivity contribution in [3.8, 4) is 0 Å². The minimum atomic E-state index is -0.693. The molecule has 0 spiro atoms. The van der Waals surface area contributed by atoms with Crippen molar-refractivity contribution in [3.05, 3.63) is 58.3 Å². The van der Waals surface area contributed by atoms with Gasteiger partial charge in [0, 0.05) is 26.6 Å². The van der Waals surface area contributed by atoms with Crippen molar-refractivity contribution in [2.45, 2.75) is 52.6 Å². The van der Waals surface area contributed by atoms with Gasteiger partial charge in [-0.2, -0.15) is 0 Å². The van der Waals surface area contributed by atoms with Gasteiger partial charge in [0.1, 0.15) is 17.2 Å². The third-order valence-corrected chi connectivity index (χ3v) is 6.20. The van der Waals surface area contributed by atoms with Crippen molar-refractivity contribution in [3.63, 3.8) is 0 Å². The molecule has 2 heterocycles. The molecule has 1 unspecified atom stereocenters. The number of allylic oxidation sites excluding steroid dienone is 5. The summed E-state index contributed by atoms with van der Waals surface area (Å²) in [5, 5.41) is 13.6. The maximum atomic E-state index is 13.4. The molecule has 2 rings (SSSR count). The SMILES string of the molecule is C=C/C(F)=C(Cl)\C=C\CN1CCC(=C2/NC(C)(CC)N(CCC)C2=O)/C(=C(/O)C(C)=O)C1=O. The van der Waals surface area contributed by atoms with E-state index in [-0.39, 0.29) is 41.7 Å². The number of ketones is 1. The molecule has 9 heteroatoms. The van der Waals surface area contributed by atoms with E-state index in [1.807, 2.05) is 20.8 Å². The Morgan fingerprint density at radius 1 is 1.33 bits per heavy atom. The molecule has 0 aromatic rings. The highest BCUT2D eigenvalue weighted by molar-refractivity contribution is 6.31. The molecule has 0 aliphatic carbocycles. The van der Waals surface area contributed by atoms with Gasteiger partial charge >= 0.3 is 0 Å². The molecule has 0 bridgehead atoms. The molecule has 7 nitrogen and oxygen atoms in total. The number of nitrogens with zero attached hydrogens (tertiary/aromatic N) is 2. The fourth-order valence-electron chi connectivity index (χ4n) is 3.87. The van der Waals surface area contributed by atoms with E-state index in [0.717, 1.165) is 19.4 Å². The second-order valence-corrected chi connectivity index (χ2v) is 8.55. The van der Waals surface area contributed by atoms with Crippen molar-refractivity contribution in [2.75, 3.05) is 19.6 Å². The number of nitrogens with one attached hydrogen (secondary N) is 1. The fraction of sp³-hybridized carbons (Fsp3) is 0.458. The van der Waals surface area contributed by atoms with Crippen LogP contribution in [0.25, 0.3) is 0 Å². The van der Waals surface area contributed by atoms with Crippen molar-refractivity contribution in [2.24, 2.45) is 0 Å². The van der Waals surface area contributed by atoms with E-state index in [2.05, 4.69) is 11.9 Å². The highest BCUT2D eigenvalue weighted by Crippen LogP contribution is 2.35. The number of aliphatic hydroxyl groups excluding tert-OH is 1. The zero-order valence-electron chi connectivity index (χ0n) is 19.5. The van der Waals surface area contributed by atoms with Crippen LogP contribution >= 0.6 is 11.6 Å². The maximum absolute atomic E-state index is 13.4. The van der Waals surface area contributed by atoms with Crippen LogP contribution in [0.4, 0.5) is 4.39 Å². The number of rotatable bonds is 8. The van der Waals surface area contributed by atoms with Gasteiger partial charge in [0.15, 0.2) is 11.5 Å². The third-order valence-electron chi connectivity index (χ3n) is 5.89. The molecule has 2 aliphatic rings. The number of amides is 2. The number of Topliss-reactive ketones (excluding diaryl/α,β-unsaturated/α-hetero) is 1. The molecule has 2 N–H and O–H groups in total. The molecular formula is C24H31ClFN3O4. The zero-order chi connectivity index (χ0) is 24.9. The lowest BCUT2D eigenvalue weighted by Gasteiger charge is -2.33. The van der Waals surface area contributed by atoms with Gasteiger partial charge in [0.2, 0.25) is 0 Å². The largest absolute Gasteiger partial charge is 0.504 e. The Hall–Kier alpha value is -2.87. The summed E-state index contributed by atoms with van der Waals surface area (Å²) in [4.78, 5) is 41.6. The van der Waals surface area contributed by atoms with Gasteiger partial charge in [-0.25, -0.2) is 4.39 Å². The van der Waals surface area contributed by atoms with Crippen LogP contribution in [-0.2, 0) is 14.4 Å². The Morgan fingerprint density at radius 2 is 2.00 bits per heavy atom. The van der Waals surface area contributed by atoms with Crippen molar-refractivity contribution in [1.82, 2.24) is 15.1 Å². The van der Waals surface area contributed by atoms with Crippen LogP contribution in [0.15, 0.2) is 58.3 Å². The normalized spacial score (nSPS) is 26.0. The molecule has 180 valence electrons. The summed E-state index contributed by atoms with van der Waals surface area (Å²) in [6.45, 7) is 11.1. The van der Waals surface area contributed by atoms with E-state index in [1.54, 1.807) is 4.90 Å². The van der Waals surface area contributed by atoms with E-state index in [1.165, 1.54) is 17.1 Å². The standard InChI is InChI=1S/C24H31ClFN3O4/c1-6-12-29-23(33)20(27-24(29,5)8-3)16-11-14-28(13-9-10-17(25)18(26)7-2)22(32)19(16)21(31)15(4)30/h7,9-10,27,31H,2,6,8,11-14H2,1,3-5H3/b10-9+,18-17-,20-16-,21-19-. The summed E-state index contributed by atoms with van der Waals surface area (Å²) >= 11 is 5.80. The summed E-state index contributed by atoms with van der Waals surface area (Å²) in [7, 11) is 0. The number of likely N-dealkylation sites (tertiary alicyclic amines) is 1. The minimum Gasteiger partial charge on any atom is -0.504 e. The Bertz CT molecular complexity index is 982. The smallest absolute Gasteiger partial charge is 0.272 e. The van der Waals surface area contributed by atoms with E-state index in [4.69, 9.17) is 11.6 Å². The quantitative estimate of drug-likeness (QED) is 0.312. The number of aliphatic hydroxyl groups is 1. The summed E-state index contributed by atoms with van der Waals surface area (Å²) < 4.78 is 13.4. The summed E-state index contributed by atoms with van der Waals surface area (Å²) in [6.07, 6.45) is 5.43. The average molecular weight is 480 g/mol. The number of carbonyl (C=O) groups excluding carboxylic acids is 3. The van der Waals surface area contributed by atoms with E-state index in [9.17, 15) is 23.9 Å². The average Bonchev–Trinajstić information content (AvgIpc) is 3.04. The number of hydrogen-bond acceptors (Lipinski definition) is 5. The molecule has 0 radical (unpaired) electrons. The van der Waals surface area contributed by atoms with Gasteiger partial charge in [-0.15, -0.1) is 0 Å². The molecular weight excluding hydrogens is 449 g/mol. The van der Waals surface area contributed by atoms with Crippen LogP contribution < -0.4 is 5.32 Å². The zero-order valence-corrected chi connectivity index (χ0v) is 20.3. The summed E-state index contributed by atoms with van der Waals surface area (Å²) in [6, 6.07) is 0. The number of carbonyl (C=O) groups is 3. The highest BCUT2D eigenvalue weighted by atomic mass is 35.5. The first-order chi connectivity index (χ1) is 15.5. The Balaban J connectivity index is 2.47. The second kappa shape index (κ2) is 10.8. The number of piperidine rings is 1. The first kappa shape index (κ1) is 26.4. The predicted molar refractivity (Wildman–Crippen MR) is 126 cm³/mol. The molecule has 2 saturated heterocycles. The summed E-state index contributed by atoms with van der Waals surface area (Å²) in [5.74, 6) is -2.91. The monoisotopic (exact) mass is 479 g/mol. The van der Waals surface area contributed by atoms with Crippen LogP contribution in [0.5, 0.6) is 0 Å². The first-order valence-corrected chi connectivity index (χ1v) is 11.3. The summed E-state index contributed by atoms with van der Waals surface area (Å²) in [5.41, 5.74) is -0.258. The van der Waals surface area contributed by atoms with E-state index < -0.39 is 28.9 Å². The molecule has 1 atom stereocenters. The third kappa shape index (κ3) is 5.38.